The number of amidine groups is 1. The van der Waals surface area contributed by atoms with Crippen LogP contribution >= 0.6 is 0 Å². The molecule has 0 aromatic heterocycles. The monoisotopic (exact) mass is 226 g/mol. The van der Waals surface area contributed by atoms with Gasteiger partial charge in [0, 0.05) is 25.0 Å². The molecule has 2 saturated heterocycles. The molecule has 0 saturated carbocycles. The van der Waals surface area contributed by atoms with Gasteiger partial charge in [-0.05, 0) is 38.8 Å². The van der Waals surface area contributed by atoms with Crippen molar-refractivity contribution >= 4 is 5.84 Å². The lowest BCUT2D eigenvalue weighted by molar-refractivity contribution is 0.298. The minimum absolute atomic E-state index is 0.329. The third-order valence-electron chi connectivity index (χ3n) is 3.75. The van der Waals surface area contributed by atoms with Crippen molar-refractivity contribution in [3.63, 3.8) is 0 Å². The Morgan fingerprint density at radius 3 is 3.12 bits per heavy atom. The van der Waals surface area contributed by atoms with Crippen molar-refractivity contribution in [1.82, 2.24) is 10.2 Å². The van der Waals surface area contributed by atoms with E-state index in [9.17, 15) is 0 Å². The number of hydrogen-bond donors (Lipinski definition) is 3. The number of nitrogens with one attached hydrogen (secondary N) is 1. The Hall–Kier alpha value is -0.810. The quantitative estimate of drug-likeness (QED) is 0.208. The molecule has 2 heterocycles. The minimum atomic E-state index is 0.329. The van der Waals surface area contributed by atoms with Gasteiger partial charge in [-0.25, -0.2) is 0 Å². The van der Waals surface area contributed by atoms with Crippen LogP contribution in [0.3, 0.4) is 0 Å². The molecule has 0 aromatic carbocycles. The van der Waals surface area contributed by atoms with Gasteiger partial charge in [0.05, 0.1) is 0 Å². The number of nitrogens with zero attached hydrogens (tertiary/aromatic N) is 2. The average molecular weight is 226 g/mol. The van der Waals surface area contributed by atoms with Gasteiger partial charge in [0.15, 0.2) is 0 Å². The lowest BCUT2D eigenvalue weighted by Crippen LogP contribution is -2.39. The lowest BCUT2D eigenvalue weighted by Gasteiger charge is -2.21. The summed E-state index contributed by atoms with van der Waals surface area (Å²) in [5, 5.41) is 15.0. The van der Waals surface area contributed by atoms with Crippen LogP contribution in [0, 0.1) is 0 Å². The maximum Gasteiger partial charge on any atom is 0.139 e. The summed E-state index contributed by atoms with van der Waals surface area (Å²) in [6.45, 7) is 3.50. The molecule has 0 aliphatic carbocycles. The van der Waals surface area contributed by atoms with Crippen LogP contribution in [-0.2, 0) is 0 Å². The highest BCUT2D eigenvalue weighted by Gasteiger charge is 2.36. The summed E-state index contributed by atoms with van der Waals surface area (Å²) < 4.78 is 0. The van der Waals surface area contributed by atoms with Gasteiger partial charge in [0.1, 0.15) is 5.84 Å². The molecule has 2 aliphatic heterocycles. The van der Waals surface area contributed by atoms with E-state index in [1.807, 2.05) is 0 Å². The maximum atomic E-state index is 8.40. The van der Waals surface area contributed by atoms with Gasteiger partial charge in [-0.15, -0.1) is 0 Å². The Morgan fingerprint density at radius 1 is 1.44 bits per heavy atom. The molecular formula is C11H22N4O. The van der Waals surface area contributed by atoms with Gasteiger partial charge in [-0.2, -0.15) is 0 Å². The maximum absolute atomic E-state index is 8.40. The number of fused-ring (bicyclic) bond motifs is 1. The van der Waals surface area contributed by atoms with E-state index in [2.05, 4.69) is 15.4 Å². The standard InChI is InChI=1S/C11H22N4O/c12-11(14-16)4-1-6-13-9-5-8-15-7-2-3-10(9)15/h9-10,13,16H,1-8H2,(H2,12,14). The van der Waals surface area contributed by atoms with Gasteiger partial charge in [-0.1, -0.05) is 5.16 Å². The van der Waals surface area contributed by atoms with Crippen molar-refractivity contribution in [2.75, 3.05) is 19.6 Å². The predicted molar refractivity (Wildman–Crippen MR) is 63.6 cm³/mol. The summed E-state index contributed by atoms with van der Waals surface area (Å²) in [6.07, 6.45) is 5.59. The fourth-order valence-corrected chi connectivity index (χ4v) is 2.93. The fourth-order valence-electron chi connectivity index (χ4n) is 2.93. The van der Waals surface area contributed by atoms with E-state index in [0.717, 1.165) is 19.0 Å². The summed E-state index contributed by atoms with van der Waals surface area (Å²) in [5.41, 5.74) is 5.42. The minimum Gasteiger partial charge on any atom is -0.409 e. The van der Waals surface area contributed by atoms with Crippen LogP contribution in [-0.4, -0.2) is 47.7 Å². The molecular weight excluding hydrogens is 204 g/mol. The second-order valence-electron chi connectivity index (χ2n) is 4.79. The molecule has 0 aromatic rings. The molecule has 2 unspecified atom stereocenters. The summed E-state index contributed by atoms with van der Waals surface area (Å²) in [7, 11) is 0. The molecule has 0 radical (unpaired) electrons. The number of rotatable bonds is 5. The molecule has 5 nitrogen and oxygen atoms in total. The topological polar surface area (TPSA) is 73.9 Å². The zero-order valence-electron chi connectivity index (χ0n) is 9.73. The first-order valence-corrected chi connectivity index (χ1v) is 6.25. The SMILES string of the molecule is NC(CCCNC1CCN2CCCC12)=NO. The van der Waals surface area contributed by atoms with Gasteiger partial charge >= 0.3 is 0 Å². The molecule has 2 fully saturated rings. The molecule has 5 heteroatoms. The smallest absolute Gasteiger partial charge is 0.139 e. The van der Waals surface area contributed by atoms with E-state index in [1.54, 1.807) is 0 Å². The Morgan fingerprint density at radius 2 is 2.31 bits per heavy atom. The second kappa shape index (κ2) is 5.50. The van der Waals surface area contributed by atoms with E-state index in [-0.39, 0.29) is 0 Å². The van der Waals surface area contributed by atoms with Crippen molar-refractivity contribution in [2.45, 2.75) is 44.2 Å². The van der Waals surface area contributed by atoms with Gasteiger partial charge in [-0.3, -0.25) is 4.90 Å². The van der Waals surface area contributed by atoms with Crippen LogP contribution in [0.1, 0.15) is 32.1 Å². The van der Waals surface area contributed by atoms with E-state index in [1.165, 1.54) is 32.4 Å². The molecule has 0 spiro atoms. The first-order chi connectivity index (χ1) is 7.81. The molecule has 92 valence electrons. The van der Waals surface area contributed by atoms with Crippen molar-refractivity contribution < 1.29 is 5.21 Å². The predicted octanol–water partition coefficient (Wildman–Crippen LogP) is 0.339. The molecule has 16 heavy (non-hydrogen) atoms. The van der Waals surface area contributed by atoms with Crippen LogP contribution in [0.25, 0.3) is 0 Å². The highest BCUT2D eigenvalue weighted by molar-refractivity contribution is 5.79. The first kappa shape index (κ1) is 11.7. The molecule has 2 atom stereocenters. The summed E-state index contributed by atoms with van der Waals surface area (Å²) >= 11 is 0. The van der Waals surface area contributed by atoms with Crippen molar-refractivity contribution in [3.05, 3.63) is 0 Å². The Labute approximate surface area is 96.7 Å². The number of oxime groups is 1. The largest absolute Gasteiger partial charge is 0.409 e. The Bertz CT molecular complexity index is 256. The summed E-state index contributed by atoms with van der Waals surface area (Å²) in [4.78, 5) is 2.60. The van der Waals surface area contributed by atoms with Gasteiger partial charge in [0.25, 0.3) is 0 Å². The third-order valence-corrected chi connectivity index (χ3v) is 3.75. The van der Waals surface area contributed by atoms with Gasteiger partial charge < -0.3 is 16.3 Å². The van der Waals surface area contributed by atoms with Crippen LogP contribution in [0.2, 0.25) is 0 Å². The first-order valence-electron chi connectivity index (χ1n) is 6.25. The fraction of sp³-hybridized carbons (Fsp3) is 0.909. The summed E-state index contributed by atoms with van der Waals surface area (Å²) in [6, 6.07) is 1.43. The summed E-state index contributed by atoms with van der Waals surface area (Å²) in [5.74, 6) is 0.329. The third kappa shape index (κ3) is 2.65. The number of nitrogens with two attached hydrogens (primary N) is 1. The normalized spacial score (nSPS) is 30.9. The number of hydrogen-bond acceptors (Lipinski definition) is 4. The highest BCUT2D eigenvalue weighted by atomic mass is 16.4. The highest BCUT2D eigenvalue weighted by Crippen LogP contribution is 2.27. The van der Waals surface area contributed by atoms with Crippen molar-refractivity contribution in [3.8, 4) is 0 Å². The van der Waals surface area contributed by atoms with Gasteiger partial charge in [0.2, 0.25) is 0 Å². The average Bonchev–Trinajstić information content (AvgIpc) is 2.87. The zero-order chi connectivity index (χ0) is 11.4. The lowest BCUT2D eigenvalue weighted by atomic mass is 10.1. The van der Waals surface area contributed by atoms with Crippen LogP contribution < -0.4 is 11.1 Å². The Kier molecular flexibility index (Phi) is 4.01. The Balaban J connectivity index is 1.63. The van der Waals surface area contributed by atoms with E-state index in [0.29, 0.717) is 18.3 Å². The molecule has 2 rings (SSSR count). The van der Waals surface area contributed by atoms with Crippen LogP contribution in [0.4, 0.5) is 0 Å². The second-order valence-corrected chi connectivity index (χ2v) is 4.79. The molecule has 4 N–H and O–H groups in total. The molecule has 0 amide bonds. The van der Waals surface area contributed by atoms with E-state index >= 15 is 0 Å². The van der Waals surface area contributed by atoms with Crippen molar-refractivity contribution in [2.24, 2.45) is 10.9 Å². The van der Waals surface area contributed by atoms with Crippen LogP contribution in [0.15, 0.2) is 5.16 Å². The van der Waals surface area contributed by atoms with E-state index in [4.69, 9.17) is 10.9 Å². The molecule has 0 bridgehead atoms. The van der Waals surface area contributed by atoms with Crippen LogP contribution in [0.5, 0.6) is 0 Å². The zero-order valence-corrected chi connectivity index (χ0v) is 9.73. The molecule has 2 aliphatic rings. The van der Waals surface area contributed by atoms with E-state index < -0.39 is 0 Å². The van der Waals surface area contributed by atoms with Crippen molar-refractivity contribution in [1.29, 1.82) is 0 Å².